The number of thiophene rings is 2. The molecule has 0 atom stereocenters. The number of nitrogens with two attached hydrogens (primary N) is 1. The fourth-order valence-corrected chi connectivity index (χ4v) is 4.83. The number of primary sulfonamides is 1. The summed E-state index contributed by atoms with van der Waals surface area (Å²) in [4.78, 5) is 13.4. The number of carbonyl (C=O) groups is 1. The van der Waals surface area contributed by atoms with Crippen LogP contribution < -0.4 is 10.5 Å². The Hall–Kier alpha value is -0.740. The highest BCUT2D eigenvalue weighted by Crippen LogP contribution is 2.27. The van der Waals surface area contributed by atoms with Crippen LogP contribution in [0.1, 0.15) is 20.1 Å². The van der Waals surface area contributed by atoms with Gasteiger partial charge < -0.3 is 5.32 Å². The molecule has 0 radical (unpaired) electrons. The summed E-state index contributed by atoms with van der Waals surface area (Å²) >= 11 is 5.89. The second-order valence-corrected chi connectivity index (χ2v) is 9.67. The van der Waals surface area contributed by atoms with Crippen molar-refractivity contribution in [2.24, 2.45) is 5.14 Å². The molecule has 0 aliphatic carbocycles. The van der Waals surface area contributed by atoms with E-state index in [4.69, 9.17) is 5.14 Å². The first-order valence-corrected chi connectivity index (χ1v) is 9.90. The smallest absolute Gasteiger partial charge is 0.261 e. The Morgan fingerprint density at radius 2 is 2.10 bits per heavy atom. The summed E-state index contributed by atoms with van der Waals surface area (Å²) in [5.74, 6) is -0.128. The van der Waals surface area contributed by atoms with E-state index in [1.807, 2.05) is 13.0 Å². The third kappa shape index (κ3) is 4.36. The number of sulfonamides is 1. The number of hydrogen-bond acceptors (Lipinski definition) is 5. The van der Waals surface area contributed by atoms with Crippen LogP contribution in [0.15, 0.2) is 26.2 Å². The standard InChI is InChI=1S/C12H13BrN2O3S3/c1-7-6-9(20-11(7)13)12(16)15-5-4-8-2-3-10(19-8)21(14,17)18/h2-3,6H,4-5H2,1H3,(H,15,16)(H2,14,17,18). The molecular weight excluding hydrogens is 396 g/mol. The van der Waals surface area contributed by atoms with Gasteiger partial charge in [0.1, 0.15) is 4.21 Å². The van der Waals surface area contributed by atoms with Gasteiger partial charge in [0.15, 0.2) is 0 Å². The molecule has 0 fully saturated rings. The molecule has 2 aromatic rings. The molecule has 1 amide bonds. The average molecular weight is 409 g/mol. The lowest BCUT2D eigenvalue weighted by Crippen LogP contribution is -2.24. The van der Waals surface area contributed by atoms with E-state index in [9.17, 15) is 13.2 Å². The van der Waals surface area contributed by atoms with E-state index in [2.05, 4.69) is 21.2 Å². The van der Waals surface area contributed by atoms with Crippen molar-refractivity contribution in [3.8, 4) is 0 Å². The highest BCUT2D eigenvalue weighted by atomic mass is 79.9. The summed E-state index contributed by atoms with van der Waals surface area (Å²) in [6, 6.07) is 5.02. The van der Waals surface area contributed by atoms with Crippen LogP contribution in [0.5, 0.6) is 0 Å². The zero-order chi connectivity index (χ0) is 15.6. The van der Waals surface area contributed by atoms with E-state index in [-0.39, 0.29) is 10.1 Å². The van der Waals surface area contributed by atoms with E-state index in [1.54, 1.807) is 6.07 Å². The van der Waals surface area contributed by atoms with E-state index in [0.29, 0.717) is 17.8 Å². The molecule has 9 heteroatoms. The molecule has 0 aliphatic rings. The molecule has 114 valence electrons. The highest BCUT2D eigenvalue weighted by molar-refractivity contribution is 9.11. The van der Waals surface area contributed by atoms with Crippen molar-refractivity contribution in [3.05, 3.63) is 37.3 Å². The molecule has 2 aromatic heterocycles. The number of halogens is 1. The van der Waals surface area contributed by atoms with Crippen LogP contribution in [-0.4, -0.2) is 20.9 Å². The summed E-state index contributed by atoms with van der Waals surface area (Å²) in [5.41, 5.74) is 1.03. The van der Waals surface area contributed by atoms with E-state index >= 15 is 0 Å². The Bertz CT molecular complexity index is 745. The molecule has 21 heavy (non-hydrogen) atoms. The van der Waals surface area contributed by atoms with Crippen LogP contribution >= 0.6 is 38.6 Å². The van der Waals surface area contributed by atoms with Crippen LogP contribution in [0.2, 0.25) is 0 Å². The van der Waals surface area contributed by atoms with Gasteiger partial charge in [-0.1, -0.05) is 0 Å². The lowest BCUT2D eigenvalue weighted by atomic mass is 10.3. The summed E-state index contributed by atoms with van der Waals surface area (Å²) < 4.78 is 23.4. The number of rotatable bonds is 5. The normalized spacial score (nSPS) is 11.6. The fraction of sp³-hybridized carbons (Fsp3) is 0.250. The maximum absolute atomic E-state index is 11.9. The van der Waals surface area contributed by atoms with E-state index in [1.165, 1.54) is 17.4 Å². The molecule has 3 N–H and O–H groups in total. The van der Waals surface area contributed by atoms with Crippen LogP contribution in [0, 0.1) is 6.92 Å². The first-order valence-electron chi connectivity index (χ1n) is 5.93. The van der Waals surface area contributed by atoms with Crippen molar-refractivity contribution in [2.45, 2.75) is 17.6 Å². The first-order chi connectivity index (χ1) is 9.77. The number of hydrogen-bond donors (Lipinski definition) is 2. The van der Waals surface area contributed by atoms with Crippen molar-refractivity contribution >= 4 is 54.5 Å². The zero-order valence-corrected chi connectivity index (χ0v) is 15.1. The second-order valence-electron chi connectivity index (χ2n) is 4.34. The van der Waals surface area contributed by atoms with Gasteiger partial charge >= 0.3 is 0 Å². The summed E-state index contributed by atoms with van der Waals surface area (Å²) in [7, 11) is -3.64. The van der Waals surface area contributed by atoms with Crippen LogP contribution in [0.3, 0.4) is 0 Å². The number of aryl methyl sites for hydroxylation is 1. The molecule has 0 saturated carbocycles. The number of carbonyl (C=O) groups excluding carboxylic acids is 1. The monoisotopic (exact) mass is 408 g/mol. The number of nitrogens with one attached hydrogen (secondary N) is 1. The fourth-order valence-electron chi connectivity index (χ4n) is 1.60. The molecule has 0 spiro atoms. The van der Waals surface area contributed by atoms with Gasteiger partial charge in [0.05, 0.1) is 8.66 Å². The highest BCUT2D eigenvalue weighted by Gasteiger charge is 2.13. The average Bonchev–Trinajstić information content (AvgIpc) is 2.97. The Kier molecular flexibility index (Phi) is 5.20. The topological polar surface area (TPSA) is 89.3 Å². The lowest BCUT2D eigenvalue weighted by Gasteiger charge is -2.01. The van der Waals surface area contributed by atoms with Crippen molar-refractivity contribution in [1.29, 1.82) is 0 Å². The van der Waals surface area contributed by atoms with Crippen LogP contribution in [-0.2, 0) is 16.4 Å². The van der Waals surface area contributed by atoms with Gasteiger partial charge in [-0.3, -0.25) is 4.79 Å². The lowest BCUT2D eigenvalue weighted by molar-refractivity contribution is 0.0958. The van der Waals surface area contributed by atoms with Gasteiger partial charge in [-0.2, -0.15) is 0 Å². The van der Waals surface area contributed by atoms with Crippen LogP contribution in [0.4, 0.5) is 0 Å². The molecule has 0 aromatic carbocycles. The predicted molar refractivity (Wildman–Crippen MR) is 88.5 cm³/mol. The van der Waals surface area contributed by atoms with Crippen molar-refractivity contribution in [3.63, 3.8) is 0 Å². The maximum Gasteiger partial charge on any atom is 0.261 e. The molecule has 2 heterocycles. The molecule has 0 aliphatic heterocycles. The minimum absolute atomic E-state index is 0.128. The third-order valence-corrected chi connectivity index (χ3v) is 7.37. The second kappa shape index (κ2) is 6.57. The van der Waals surface area contributed by atoms with Crippen molar-refractivity contribution < 1.29 is 13.2 Å². The minimum atomic E-state index is -3.64. The quantitative estimate of drug-likeness (QED) is 0.795. The first kappa shape index (κ1) is 16.6. The van der Waals surface area contributed by atoms with Gasteiger partial charge in [-0.05, 0) is 53.0 Å². The Balaban J connectivity index is 1.89. The van der Waals surface area contributed by atoms with Gasteiger partial charge in [-0.25, -0.2) is 13.6 Å². The number of amides is 1. The van der Waals surface area contributed by atoms with Gasteiger partial charge in [-0.15, -0.1) is 22.7 Å². The predicted octanol–water partition coefficient (Wildman–Crippen LogP) is 2.50. The van der Waals surface area contributed by atoms with Crippen molar-refractivity contribution in [1.82, 2.24) is 5.32 Å². The van der Waals surface area contributed by atoms with Crippen molar-refractivity contribution in [2.75, 3.05) is 6.54 Å². The van der Waals surface area contributed by atoms with Gasteiger partial charge in [0.2, 0.25) is 10.0 Å². The van der Waals surface area contributed by atoms with E-state index in [0.717, 1.165) is 25.6 Å². The largest absolute Gasteiger partial charge is 0.351 e. The Morgan fingerprint density at radius 1 is 1.38 bits per heavy atom. The van der Waals surface area contributed by atoms with Crippen LogP contribution in [0.25, 0.3) is 0 Å². The van der Waals surface area contributed by atoms with Gasteiger partial charge in [0.25, 0.3) is 5.91 Å². The molecule has 0 bridgehead atoms. The Labute approximate surface area is 139 Å². The molecule has 0 unspecified atom stereocenters. The zero-order valence-electron chi connectivity index (χ0n) is 11.1. The van der Waals surface area contributed by atoms with Gasteiger partial charge in [0, 0.05) is 11.4 Å². The van der Waals surface area contributed by atoms with E-state index < -0.39 is 10.0 Å². The SMILES string of the molecule is Cc1cc(C(=O)NCCc2ccc(S(N)(=O)=O)s2)sc1Br. The third-order valence-electron chi connectivity index (χ3n) is 2.66. The molecule has 5 nitrogen and oxygen atoms in total. The minimum Gasteiger partial charge on any atom is -0.351 e. The molecular formula is C12H13BrN2O3S3. The molecule has 2 rings (SSSR count). The summed E-state index contributed by atoms with van der Waals surface area (Å²) in [6.45, 7) is 2.37. The summed E-state index contributed by atoms with van der Waals surface area (Å²) in [5, 5.41) is 7.86. The maximum atomic E-state index is 11.9. The molecule has 0 saturated heterocycles. The summed E-state index contributed by atoms with van der Waals surface area (Å²) in [6.07, 6.45) is 0.567. The Morgan fingerprint density at radius 3 is 2.62 bits per heavy atom.